The molecule has 9 heteroatoms. The van der Waals surface area contributed by atoms with E-state index in [0.29, 0.717) is 45.4 Å². The summed E-state index contributed by atoms with van der Waals surface area (Å²) in [6, 6.07) is 13.0. The third-order valence-corrected chi connectivity index (χ3v) is 6.54. The maximum atomic E-state index is 13.5. The van der Waals surface area contributed by atoms with Crippen molar-refractivity contribution in [2.24, 2.45) is 11.1 Å². The van der Waals surface area contributed by atoms with Gasteiger partial charge >= 0.3 is 0 Å². The molecule has 0 saturated carbocycles. The highest BCUT2D eigenvalue weighted by Crippen LogP contribution is 2.51. The lowest BCUT2D eigenvalue weighted by atomic mass is 9.68. The number of nitrogens with zero attached hydrogens (tertiary/aromatic N) is 3. The summed E-state index contributed by atoms with van der Waals surface area (Å²) >= 11 is 12.6. The van der Waals surface area contributed by atoms with Gasteiger partial charge in [-0.3, -0.25) is 19.8 Å². The molecule has 1 aliphatic heterocycles. The topological polar surface area (TPSA) is 113 Å². The molecule has 0 bridgehead atoms. The number of carbonyl (C=O) groups excluding carboxylic acids is 1. The van der Waals surface area contributed by atoms with E-state index in [4.69, 9.17) is 28.9 Å². The lowest BCUT2D eigenvalue weighted by molar-refractivity contribution is -0.384. The number of rotatable bonds is 3. The maximum absolute atomic E-state index is 13.5. The fourth-order valence-corrected chi connectivity index (χ4v) is 5.09. The number of benzene rings is 2. The minimum atomic E-state index is -0.729. The van der Waals surface area contributed by atoms with Gasteiger partial charge in [-0.25, -0.2) is 0 Å². The number of halogens is 2. The molecule has 0 unspecified atom stereocenters. The van der Waals surface area contributed by atoms with Gasteiger partial charge in [-0.1, -0.05) is 43.1 Å². The Labute approximate surface area is 200 Å². The molecule has 1 atom stereocenters. The van der Waals surface area contributed by atoms with Crippen LogP contribution >= 0.6 is 23.2 Å². The van der Waals surface area contributed by atoms with E-state index in [2.05, 4.69) is 6.07 Å². The number of hydrogen-bond donors (Lipinski definition) is 1. The zero-order valence-electron chi connectivity index (χ0n) is 17.9. The van der Waals surface area contributed by atoms with Crippen LogP contribution in [0, 0.1) is 26.9 Å². The van der Waals surface area contributed by atoms with E-state index in [1.54, 1.807) is 35.2 Å². The van der Waals surface area contributed by atoms with Crippen molar-refractivity contribution >= 4 is 40.4 Å². The largest absolute Gasteiger partial charge is 0.384 e. The number of hydrogen-bond acceptors (Lipinski definition) is 6. The van der Waals surface area contributed by atoms with Crippen LogP contribution < -0.4 is 10.6 Å². The number of nitro groups is 1. The van der Waals surface area contributed by atoms with Crippen LogP contribution in [0.15, 0.2) is 65.1 Å². The van der Waals surface area contributed by atoms with Crippen molar-refractivity contribution in [3.63, 3.8) is 0 Å². The molecule has 2 aromatic carbocycles. The van der Waals surface area contributed by atoms with E-state index >= 15 is 0 Å². The molecule has 0 radical (unpaired) electrons. The second kappa shape index (κ2) is 8.22. The highest BCUT2D eigenvalue weighted by atomic mass is 35.5. The third-order valence-electron chi connectivity index (χ3n) is 5.97. The molecule has 7 nitrogen and oxygen atoms in total. The highest BCUT2D eigenvalue weighted by molar-refractivity contribution is 6.35. The summed E-state index contributed by atoms with van der Waals surface area (Å²) in [5.74, 6) is -0.663. The molecular formula is C24H20Cl2N4O3. The summed E-state index contributed by atoms with van der Waals surface area (Å²) < 4.78 is 0. The van der Waals surface area contributed by atoms with E-state index in [0.717, 1.165) is 0 Å². The lowest BCUT2D eigenvalue weighted by Crippen LogP contribution is -2.42. The van der Waals surface area contributed by atoms with Crippen LogP contribution in [0.3, 0.4) is 0 Å². The minimum absolute atomic E-state index is 0.0705. The fraction of sp³-hybridized carbons (Fsp3) is 0.250. The van der Waals surface area contributed by atoms with Crippen LogP contribution in [0.1, 0.15) is 38.2 Å². The molecule has 0 fully saturated rings. The van der Waals surface area contributed by atoms with Crippen molar-refractivity contribution in [1.29, 1.82) is 5.26 Å². The van der Waals surface area contributed by atoms with E-state index < -0.39 is 10.8 Å². The van der Waals surface area contributed by atoms with Gasteiger partial charge in [0.05, 0.1) is 22.5 Å². The number of anilines is 1. The Morgan fingerprint density at radius 3 is 2.42 bits per heavy atom. The van der Waals surface area contributed by atoms with Crippen LogP contribution in [-0.2, 0) is 4.79 Å². The molecule has 2 aromatic rings. The van der Waals surface area contributed by atoms with E-state index in [1.807, 2.05) is 13.8 Å². The molecule has 0 spiro atoms. The predicted molar refractivity (Wildman–Crippen MR) is 127 cm³/mol. The molecule has 168 valence electrons. The van der Waals surface area contributed by atoms with Crippen molar-refractivity contribution in [3.8, 4) is 6.07 Å². The first kappa shape index (κ1) is 22.8. The quantitative estimate of drug-likeness (QED) is 0.433. The molecule has 1 heterocycles. The molecule has 0 aromatic heterocycles. The Hall–Kier alpha value is -3.34. The lowest BCUT2D eigenvalue weighted by Gasteiger charge is -2.43. The average Bonchev–Trinajstić information content (AvgIpc) is 2.72. The summed E-state index contributed by atoms with van der Waals surface area (Å²) in [5, 5.41) is 22.0. The van der Waals surface area contributed by atoms with Gasteiger partial charge < -0.3 is 5.73 Å². The first-order valence-electron chi connectivity index (χ1n) is 10.2. The van der Waals surface area contributed by atoms with Gasteiger partial charge in [-0.15, -0.1) is 0 Å². The number of Topliss-reactive ketones (excluding diaryl/α,β-unsaturated/α-hetero) is 1. The van der Waals surface area contributed by atoms with Crippen molar-refractivity contribution in [3.05, 3.63) is 90.9 Å². The van der Waals surface area contributed by atoms with Gasteiger partial charge in [0, 0.05) is 45.6 Å². The predicted octanol–water partition coefficient (Wildman–Crippen LogP) is 5.84. The number of nitrogens with two attached hydrogens (primary N) is 1. The second-order valence-corrected chi connectivity index (χ2v) is 9.76. The minimum Gasteiger partial charge on any atom is -0.384 e. The molecule has 2 N–H and O–H groups in total. The van der Waals surface area contributed by atoms with Gasteiger partial charge in [0.1, 0.15) is 5.82 Å². The summed E-state index contributed by atoms with van der Waals surface area (Å²) in [5.41, 5.74) is 8.55. The summed E-state index contributed by atoms with van der Waals surface area (Å²) in [4.78, 5) is 25.8. The van der Waals surface area contributed by atoms with Gasteiger partial charge in [-0.05, 0) is 41.7 Å². The zero-order chi connectivity index (χ0) is 24.1. The van der Waals surface area contributed by atoms with Crippen LogP contribution in [0.4, 0.5) is 11.4 Å². The zero-order valence-corrected chi connectivity index (χ0v) is 19.4. The Balaban J connectivity index is 1.98. The first-order valence-corrected chi connectivity index (χ1v) is 10.9. The third kappa shape index (κ3) is 3.97. The Morgan fingerprint density at radius 1 is 1.18 bits per heavy atom. The number of nitro benzene ring substituents is 1. The number of non-ortho nitro benzene ring substituents is 1. The van der Waals surface area contributed by atoms with Crippen molar-refractivity contribution in [2.45, 2.75) is 32.6 Å². The van der Waals surface area contributed by atoms with Crippen LogP contribution in [0.25, 0.3) is 0 Å². The SMILES string of the molecule is CC1(C)CC(=O)C2=C(C1)N(c1ccc([N+](=O)[O-])cc1)C(N)=C(C#N)[C@@H]2c1ccc(Cl)cc1Cl. The maximum Gasteiger partial charge on any atom is 0.269 e. The Morgan fingerprint density at radius 2 is 1.85 bits per heavy atom. The Bertz CT molecular complexity index is 1290. The van der Waals surface area contributed by atoms with Gasteiger partial charge in [0.25, 0.3) is 5.69 Å². The van der Waals surface area contributed by atoms with Gasteiger partial charge in [-0.2, -0.15) is 5.26 Å². The van der Waals surface area contributed by atoms with Crippen molar-refractivity contribution < 1.29 is 9.72 Å². The van der Waals surface area contributed by atoms with Crippen molar-refractivity contribution in [2.75, 3.05) is 4.90 Å². The van der Waals surface area contributed by atoms with E-state index in [-0.39, 0.29) is 28.3 Å². The van der Waals surface area contributed by atoms with E-state index in [9.17, 15) is 20.2 Å². The van der Waals surface area contributed by atoms with Gasteiger partial charge in [0.15, 0.2) is 5.78 Å². The monoisotopic (exact) mass is 482 g/mol. The van der Waals surface area contributed by atoms with Crippen LogP contribution in [-0.4, -0.2) is 10.7 Å². The van der Waals surface area contributed by atoms with Gasteiger partial charge in [0.2, 0.25) is 0 Å². The standard InChI is InChI=1S/C24H20Cl2N4O3/c1-24(2)10-19-22(20(31)11-24)21(16-8-3-13(25)9-18(16)26)17(12-27)23(28)29(19)14-4-6-15(7-5-14)30(32)33/h3-9,21H,10-11,28H2,1-2H3/t21-/m0/s1. The van der Waals surface area contributed by atoms with Crippen LogP contribution in [0.2, 0.25) is 10.0 Å². The molecule has 0 amide bonds. The number of nitriles is 1. The highest BCUT2D eigenvalue weighted by Gasteiger charge is 2.45. The fourth-order valence-electron chi connectivity index (χ4n) is 4.57. The molecular weight excluding hydrogens is 463 g/mol. The molecule has 2 aliphatic rings. The van der Waals surface area contributed by atoms with Crippen molar-refractivity contribution in [1.82, 2.24) is 0 Å². The molecule has 1 aliphatic carbocycles. The number of allylic oxidation sites excluding steroid dienone is 3. The normalized spacial score (nSPS) is 19.9. The molecule has 33 heavy (non-hydrogen) atoms. The number of carbonyl (C=O) groups is 1. The molecule has 4 rings (SSSR count). The summed E-state index contributed by atoms with van der Waals surface area (Å²) in [6.07, 6.45) is 0.826. The Kier molecular flexibility index (Phi) is 5.69. The number of ketones is 1. The van der Waals surface area contributed by atoms with E-state index in [1.165, 1.54) is 12.1 Å². The smallest absolute Gasteiger partial charge is 0.269 e. The van der Waals surface area contributed by atoms with Crippen LogP contribution in [0.5, 0.6) is 0 Å². The average molecular weight is 483 g/mol. The summed E-state index contributed by atoms with van der Waals surface area (Å²) in [7, 11) is 0. The molecule has 0 saturated heterocycles. The summed E-state index contributed by atoms with van der Waals surface area (Å²) in [6.45, 7) is 3.99. The first-order chi connectivity index (χ1) is 15.5. The second-order valence-electron chi connectivity index (χ2n) is 8.92.